The first-order chi connectivity index (χ1) is 12.5. The number of nitrogens with two attached hydrogens (primary N) is 1. The van der Waals surface area contributed by atoms with E-state index >= 15 is 0 Å². The Morgan fingerprint density at radius 2 is 1.85 bits per heavy atom. The molecule has 0 spiro atoms. The van der Waals surface area contributed by atoms with Crippen LogP contribution in [0.15, 0.2) is 0 Å². The minimum Gasteiger partial charge on any atom is -0.378 e. The second-order valence-corrected chi connectivity index (χ2v) is 8.00. The van der Waals surface area contributed by atoms with Crippen molar-refractivity contribution in [1.29, 1.82) is 0 Å². The third-order valence-electron chi connectivity index (χ3n) is 5.90. The summed E-state index contributed by atoms with van der Waals surface area (Å²) in [6.45, 7) is 8.57. The van der Waals surface area contributed by atoms with Gasteiger partial charge in [0.1, 0.15) is 12.1 Å². The number of piperazine rings is 1. The van der Waals surface area contributed by atoms with E-state index in [1.165, 1.54) is 0 Å². The van der Waals surface area contributed by atoms with Crippen molar-refractivity contribution in [1.82, 2.24) is 9.80 Å². The van der Waals surface area contributed by atoms with Crippen LogP contribution >= 0.6 is 0 Å². The van der Waals surface area contributed by atoms with Crippen molar-refractivity contribution < 1.29 is 27.4 Å². The molecule has 1 saturated heterocycles. The zero-order valence-corrected chi connectivity index (χ0v) is 16.5. The molecule has 27 heavy (non-hydrogen) atoms. The molecule has 6 nitrogen and oxygen atoms in total. The van der Waals surface area contributed by atoms with Gasteiger partial charge in [-0.25, -0.2) is 0 Å². The van der Waals surface area contributed by atoms with Crippen molar-refractivity contribution in [2.75, 3.05) is 52.5 Å². The van der Waals surface area contributed by atoms with Gasteiger partial charge >= 0.3 is 6.18 Å². The molecule has 1 saturated carbocycles. The molecule has 2 unspecified atom stereocenters. The molecule has 0 aromatic heterocycles. The monoisotopic (exact) mass is 395 g/mol. The van der Waals surface area contributed by atoms with Gasteiger partial charge in [0.05, 0.1) is 6.10 Å². The fraction of sp³-hybridized carbons (Fsp3) is 0.944. The van der Waals surface area contributed by atoms with Crippen molar-refractivity contribution in [3.05, 3.63) is 0 Å². The maximum absolute atomic E-state index is 13.0. The number of carbonyl (C=O) groups is 1. The molecule has 1 heterocycles. The summed E-state index contributed by atoms with van der Waals surface area (Å²) in [7, 11) is 0. The van der Waals surface area contributed by atoms with Gasteiger partial charge < -0.3 is 20.1 Å². The minimum atomic E-state index is -4.28. The molecular formula is C18H32F3N3O3. The Morgan fingerprint density at radius 3 is 2.37 bits per heavy atom. The van der Waals surface area contributed by atoms with E-state index in [0.29, 0.717) is 52.2 Å². The number of alkyl halides is 3. The minimum absolute atomic E-state index is 0.00515. The second-order valence-electron chi connectivity index (χ2n) is 8.00. The van der Waals surface area contributed by atoms with E-state index in [9.17, 15) is 18.0 Å². The molecule has 9 heteroatoms. The lowest BCUT2D eigenvalue weighted by Gasteiger charge is -2.59. The molecule has 0 aromatic rings. The number of hydrogen-bond acceptors (Lipinski definition) is 5. The fourth-order valence-corrected chi connectivity index (χ4v) is 3.83. The van der Waals surface area contributed by atoms with E-state index in [0.717, 1.165) is 0 Å². The van der Waals surface area contributed by atoms with Gasteiger partial charge in [-0.05, 0) is 13.3 Å². The average molecular weight is 395 g/mol. The highest BCUT2D eigenvalue weighted by atomic mass is 19.4. The summed E-state index contributed by atoms with van der Waals surface area (Å²) in [5.74, 6) is -0.0309. The van der Waals surface area contributed by atoms with Gasteiger partial charge in [-0.2, -0.15) is 13.2 Å². The predicted octanol–water partition coefficient (Wildman–Crippen LogP) is 1.63. The van der Waals surface area contributed by atoms with E-state index in [1.807, 2.05) is 20.8 Å². The smallest absolute Gasteiger partial charge is 0.378 e. The Bertz CT molecular complexity index is 508. The predicted molar refractivity (Wildman–Crippen MR) is 95.2 cm³/mol. The summed E-state index contributed by atoms with van der Waals surface area (Å²) in [5.41, 5.74) is 5.15. The van der Waals surface area contributed by atoms with Crippen molar-refractivity contribution in [2.24, 2.45) is 11.1 Å². The van der Waals surface area contributed by atoms with Crippen LogP contribution in [0.3, 0.4) is 0 Å². The van der Waals surface area contributed by atoms with Gasteiger partial charge in [-0.3, -0.25) is 9.69 Å². The third kappa shape index (κ3) is 5.13. The van der Waals surface area contributed by atoms with Gasteiger partial charge in [0.15, 0.2) is 0 Å². The van der Waals surface area contributed by atoms with Gasteiger partial charge in [0, 0.05) is 57.8 Å². The third-order valence-corrected chi connectivity index (χ3v) is 5.90. The molecule has 2 rings (SSSR count). The zero-order chi connectivity index (χ0) is 20.3. The zero-order valence-electron chi connectivity index (χ0n) is 16.5. The first-order valence-electron chi connectivity index (χ1n) is 9.58. The summed E-state index contributed by atoms with van der Waals surface area (Å²) in [6.07, 6.45) is -3.22. The molecule has 2 aliphatic rings. The van der Waals surface area contributed by atoms with Crippen LogP contribution in [0.4, 0.5) is 13.2 Å². The largest absolute Gasteiger partial charge is 0.411 e. The number of halogens is 3. The van der Waals surface area contributed by atoms with Gasteiger partial charge in [-0.1, -0.05) is 13.8 Å². The number of hydrogen-bond donors (Lipinski definition) is 1. The van der Waals surface area contributed by atoms with Crippen LogP contribution < -0.4 is 5.73 Å². The quantitative estimate of drug-likeness (QED) is 0.633. The number of carbonyl (C=O) groups excluding carboxylic acids is 1. The van der Waals surface area contributed by atoms with Crippen molar-refractivity contribution in [3.8, 4) is 0 Å². The Labute approximate surface area is 159 Å². The van der Waals surface area contributed by atoms with Gasteiger partial charge in [0.2, 0.25) is 5.91 Å². The molecule has 2 atom stereocenters. The maximum atomic E-state index is 13.0. The lowest BCUT2D eigenvalue weighted by Crippen LogP contribution is -2.76. The van der Waals surface area contributed by atoms with Crippen molar-refractivity contribution in [2.45, 2.75) is 51.4 Å². The van der Waals surface area contributed by atoms with E-state index in [1.54, 1.807) is 4.90 Å². The highest BCUT2D eigenvalue weighted by Crippen LogP contribution is 2.50. The summed E-state index contributed by atoms with van der Waals surface area (Å²) in [5, 5.41) is 0. The Morgan fingerprint density at radius 1 is 1.22 bits per heavy atom. The van der Waals surface area contributed by atoms with Crippen LogP contribution in [-0.4, -0.2) is 86.1 Å². The number of amides is 1. The highest BCUT2D eigenvalue weighted by Gasteiger charge is 2.63. The number of nitrogens with zero attached hydrogens (tertiary/aromatic N) is 2. The van der Waals surface area contributed by atoms with E-state index in [2.05, 4.69) is 9.64 Å². The van der Waals surface area contributed by atoms with Crippen molar-refractivity contribution >= 4 is 5.91 Å². The molecule has 1 amide bonds. The highest BCUT2D eigenvalue weighted by molar-refractivity contribution is 5.89. The molecule has 1 aliphatic heterocycles. The Kier molecular flexibility index (Phi) is 7.16. The van der Waals surface area contributed by atoms with Crippen LogP contribution in [0.25, 0.3) is 0 Å². The van der Waals surface area contributed by atoms with E-state index in [4.69, 9.17) is 10.5 Å². The molecule has 2 fully saturated rings. The first-order valence-corrected chi connectivity index (χ1v) is 9.58. The Balaban J connectivity index is 1.72. The van der Waals surface area contributed by atoms with Gasteiger partial charge in [-0.15, -0.1) is 0 Å². The topological polar surface area (TPSA) is 68.0 Å². The summed E-state index contributed by atoms with van der Waals surface area (Å²) in [4.78, 5) is 16.9. The molecule has 1 aliphatic carbocycles. The lowest BCUT2D eigenvalue weighted by molar-refractivity contribution is -0.180. The van der Waals surface area contributed by atoms with Crippen LogP contribution in [0.5, 0.6) is 0 Å². The summed E-state index contributed by atoms with van der Waals surface area (Å²) in [6, 6.07) is 0. The van der Waals surface area contributed by atoms with Crippen LogP contribution in [0, 0.1) is 5.41 Å². The average Bonchev–Trinajstić information content (AvgIpc) is 2.60. The first kappa shape index (κ1) is 22.4. The normalized spacial score (nSPS) is 28.9. The molecule has 0 aromatic carbocycles. The Hall–Kier alpha value is -0.900. The molecular weight excluding hydrogens is 363 g/mol. The maximum Gasteiger partial charge on any atom is 0.411 e. The molecule has 0 radical (unpaired) electrons. The van der Waals surface area contributed by atoms with E-state index in [-0.39, 0.29) is 18.6 Å². The SMILES string of the molecule is CCOC1CC(N)(C(=O)N2CCN(CCCOCC(F)(F)F)CC2)C1(C)C. The summed E-state index contributed by atoms with van der Waals surface area (Å²) < 4.78 is 46.4. The second kappa shape index (κ2) is 8.63. The van der Waals surface area contributed by atoms with Crippen LogP contribution in [0.1, 0.15) is 33.6 Å². The lowest BCUT2D eigenvalue weighted by atomic mass is 9.54. The fourth-order valence-electron chi connectivity index (χ4n) is 3.83. The van der Waals surface area contributed by atoms with E-state index < -0.39 is 23.7 Å². The number of ether oxygens (including phenoxy) is 2. The van der Waals surface area contributed by atoms with Crippen LogP contribution in [-0.2, 0) is 14.3 Å². The molecule has 2 N–H and O–H groups in total. The summed E-state index contributed by atoms with van der Waals surface area (Å²) >= 11 is 0. The number of rotatable bonds is 8. The molecule has 0 bridgehead atoms. The molecule has 158 valence electrons. The standard InChI is InChI=1S/C18H32F3N3O3/c1-4-27-14-12-17(22,16(14,2)3)15(25)24-9-7-23(8-10-24)6-5-11-26-13-18(19,20)21/h14H,4-13,22H2,1-3H3. The van der Waals surface area contributed by atoms with Crippen LogP contribution in [0.2, 0.25) is 0 Å². The van der Waals surface area contributed by atoms with Crippen molar-refractivity contribution in [3.63, 3.8) is 0 Å². The van der Waals surface area contributed by atoms with Gasteiger partial charge in [0.25, 0.3) is 0 Å².